The number of anilines is 1. The minimum atomic E-state index is 0.701. The van der Waals surface area contributed by atoms with Gasteiger partial charge < -0.3 is 15.0 Å². The van der Waals surface area contributed by atoms with Crippen LogP contribution in [0.15, 0.2) is 48.5 Å². The Morgan fingerprint density at radius 3 is 2.50 bits per heavy atom. The normalized spacial score (nSPS) is 10.1. The Morgan fingerprint density at radius 2 is 1.86 bits per heavy atom. The number of benzene rings is 2. The van der Waals surface area contributed by atoms with Crippen LogP contribution >= 0.6 is 12.2 Å². The first-order valence-electron chi connectivity index (χ1n) is 7.36. The van der Waals surface area contributed by atoms with Crippen LogP contribution in [0.4, 0.5) is 5.69 Å². The van der Waals surface area contributed by atoms with Gasteiger partial charge in [0.1, 0.15) is 5.75 Å². The SMILES string of the molecule is CCc1ccc(NC(=S)N(C)Cc2cccc(OC)c2)cc1. The highest BCUT2D eigenvalue weighted by Crippen LogP contribution is 2.15. The van der Waals surface area contributed by atoms with E-state index in [1.165, 1.54) is 5.56 Å². The fraction of sp³-hybridized carbons (Fsp3) is 0.278. The van der Waals surface area contributed by atoms with Gasteiger partial charge in [-0.15, -0.1) is 0 Å². The van der Waals surface area contributed by atoms with Crippen LogP contribution in [0.3, 0.4) is 0 Å². The van der Waals surface area contributed by atoms with Gasteiger partial charge in [-0.05, 0) is 54.0 Å². The van der Waals surface area contributed by atoms with Crippen molar-refractivity contribution in [3.05, 3.63) is 59.7 Å². The maximum atomic E-state index is 5.46. The highest BCUT2D eigenvalue weighted by Gasteiger charge is 2.06. The second kappa shape index (κ2) is 7.80. The van der Waals surface area contributed by atoms with E-state index in [-0.39, 0.29) is 0 Å². The Hall–Kier alpha value is -2.07. The monoisotopic (exact) mass is 314 g/mol. The molecule has 22 heavy (non-hydrogen) atoms. The third-order valence-electron chi connectivity index (χ3n) is 3.51. The van der Waals surface area contributed by atoms with Crippen molar-refractivity contribution in [3.63, 3.8) is 0 Å². The quantitative estimate of drug-likeness (QED) is 0.840. The number of hydrogen-bond acceptors (Lipinski definition) is 2. The second-order valence-electron chi connectivity index (χ2n) is 5.19. The van der Waals surface area contributed by atoms with E-state index in [2.05, 4.69) is 42.6 Å². The van der Waals surface area contributed by atoms with E-state index in [0.717, 1.165) is 30.0 Å². The average Bonchev–Trinajstić information content (AvgIpc) is 2.55. The molecule has 1 N–H and O–H groups in total. The summed E-state index contributed by atoms with van der Waals surface area (Å²) < 4.78 is 5.25. The molecule has 0 saturated heterocycles. The number of rotatable bonds is 5. The molecule has 0 spiro atoms. The summed E-state index contributed by atoms with van der Waals surface area (Å²) in [6.45, 7) is 2.88. The van der Waals surface area contributed by atoms with E-state index in [1.807, 2.05) is 30.1 Å². The van der Waals surface area contributed by atoms with Gasteiger partial charge in [-0.25, -0.2) is 0 Å². The summed E-state index contributed by atoms with van der Waals surface area (Å²) in [6.07, 6.45) is 1.04. The Bertz CT molecular complexity index is 625. The molecular formula is C18H22N2OS. The lowest BCUT2D eigenvalue weighted by Crippen LogP contribution is -2.30. The number of methoxy groups -OCH3 is 1. The molecular weight excluding hydrogens is 292 g/mol. The third kappa shape index (κ3) is 4.46. The fourth-order valence-corrected chi connectivity index (χ4v) is 2.34. The first kappa shape index (κ1) is 16.3. The molecule has 0 heterocycles. The van der Waals surface area contributed by atoms with Crippen LogP contribution in [0, 0.1) is 0 Å². The molecule has 0 aromatic heterocycles. The summed E-state index contributed by atoms with van der Waals surface area (Å²) in [7, 11) is 3.66. The molecule has 2 aromatic carbocycles. The van der Waals surface area contributed by atoms with Crippen LogP contribution in [0.1, 0.15) is 18.1 Å². The van der Waals surface area contributed by atoms with Crippen LogP contribution in [-0.2, 0) is 13.0 Å². The fourth-order valence-electron chi connectivity index (χ4n) is 2.16. The van der Waals surface area contributed by atoms with E-state index < -0.39 is 0 Å². The molecule has 3 nitrogen and oxygen atoms in total. The van der Waals surface area contributed by atoms with Crippen LogP contribution in [0.2, 0.25) is 0 Å². The number of thiocarbonyl (C=S) groups is 1. The lowest BCUT2D eigenvalue weighted by Gasteiger charge is -2.21. The Morgan fingerprint density at radius 1 is 1.14 bits per heavy atom. The molecule has 4 heteroatoms. The van der Waals surface area contributed by atoms with Gasteiger partial charge >= 0.3 is 0 Å². The van der Waals surface area contributed by atoms with Crippen molar-refractivity contribution >= 4 is 23.0 Å². The zero-order valence-electron chi connectivity index (χ0n) is 13.3. The standard InChI is InChI=1S/C18H22N2OS/c1-4-14-8-10-16(11-9-14)19-18(22)20(2)13-15-6-5-7-17(12-15)21-3/h5-12H,4,13H2,1-3H3,(H,19,22). The number of nitrogens with zero attached hydrogens (tertiary/aromatic N) is 1. The largest absolute Gasteiger partial charge is 0.497 e. The molecule has 0 radical (unpaired) electrons. The van der Waals surface area contributed by atoms with Crippen molar-refractivity contribution in [1.29, 1.82) is 0 Å². The Balaban J connectivity index is 1.96. The number of ether oxygens (including phenoxy) is 1. The summed E-state index contributed by atoms with van der Waals surface area (Å²) in [5.41, 5.74) is 3.49. The molecule has 0 saturated carbocycles. The first-order chi connectivity index (χ1) is 10.6. The molecule has 0 amide bonds. The molecule has 0 fully saturated rings. The summed E-state index contributed by atoms with van der Waals surface area (Å²) in [4.78, 5) is 2.01. The summed E-state index contributed by atoms with van der Waals surface area (Å²) in [6, 6.07) is 16.4. The Kier molecular flexibility index (Phi) is 5.78. The van der Waals surface area contributed by atoms with Gasteiger partial charge in [-0.2, -0.15) is 0 Å². The van der Waals surface area contributed by atoms with Crippen molar-refractivity contribution in [2.75, 3.05) is 19.5 Å². The van der Waals surface area contributed by atoms with Crippen molar-refractivity contribution in [1.82, 2.24) is 4.90 Å². The predicted molar refractivity (Wildman–Crippen MR) is 96.5 cm³/mol. The predicted octanol–water partition coefficient (Wildman–Crippen LogP) is 4.09. The smallest absolute Gasteiger partial charge is 0.173 e. The van der Waals surface area contributed by atoms with Crippen molar-refractivity contribution in [3.8, 4) is 5.75 Å². The van der Waals surface area contributed by atoms with Gasteiger partial charge in [0.15, 0.2) is 5.11 Å². The van der Waals surface area contributed by atoms with E-state index in [1.54, 1.807) is 7.11 Å². The molecule has 116 valence electrons. The highest BCUT2D eigenvalue weighted by atomic mass is 32.1. The molecule has 2 aromatic rings. The maximum absolute atomic E-state index is 5.46. The van der Waals surface area contributed by atoms with E-state index in [0.29, 0.717) is 5.11 Å². The average molecular weight is 314 g/mol. The zero-order valence-corrected chi connectivity index (χ0v) is 14.1. The molecule has 0 aliphatic heterocycles. The molecule has 0 atom stereocenters. The van der Waals surface area contributed by atoms with Crippen LogP contribution < -0.4 is 10.1 Å². The summed E-state index contributed by atoms with van der Waals surface area (Å²) >= 11 is 5.46. The lowest BCUT2D eigenvalue weighted by atomic mass is 10.1. The van der Waals surface area contributed by atoms with Gasteiger partial charge in [0.05, 0.1) is 7.11 Å². The maximum Gasteiger partial charge on any atom is 0.173 e. The number of nitrogens with one attached hydrogen (secondary N) is 1. The molecule has 0 bridgehead atoms. The number of aryl methyl sites for hydroxylation is 1. The minimum absolute atomic E-state index is 0.701. The van der Waals surface area contributed by atoms with Gasteiger partial charge in [-0.3, -0.25) is 0 Å². The highest BCUT2D eigenvalue weighted by molar-refractivity contribution is 7.80. The van der Waals surface area contributed by atoms with Crippen molar-refractivity contribution in [2.45, 2.75) is 19.9 Å². The second-order valence-corrected chi connectivity index (χ2v) is 5.57. The topological polar surface area (TPSA) is 24.5 Å². The molecule has 2 rings (SSSR count). The molecule has 0 unspecified atom stereocenters. The molecule has 0 aliphatic rings. The van der Waals surface area contributed by atoms with E-state index in [4.69, 9.17) is 17.0 Å². The van der Waals surface area contributed by atoms with Gasteiger partial charge in [0.2, 0.25) is 0 Å². The van der Waals surface area contributed by atoms with Crippen LogP contribution in [-0.4, -0.2) is 24.2 Å². The van der Waals surface area contributed by atoms with Gasteiger partial charge in [0, 0.05) is 19.3 Å². The summed E-state index contributed by atoms with van der Waals surface area (Å²) in [5.74, 6) is 0.861. The van der Waals surface area contributed by atoms with E-state index in [9.17, 15) is 0 Å². The van der Waals surface area contributed by atoms with Gasteiger partial charge in [-0.1, -0.05) is 31.2 Å². The Labute approximate surface area is 137 Å². The summed E-state index contributed by atoms with van der Waals surface area (Å²) in [5, 5.41) is 3.97. The lowest BCUT2D eigenvalue weighted by molar-refractivity contribution is 0.413. The van der Waals surface area contributed by atoms with Crippen LogP contribution in [0.25, 0.3) is 0 Å². The first-order valence-corrected chi connectivity index (χ1v) is 7.77. The minimum Gasteiger partial charge on any atom is -0.497 e. The van der Waals surface area contributed by atoms with Crippen molar-refractivity contribution in [2.24, 2.45) is 0 Å². The zero-order chi connectivity index (χ0) is 15.9. The third-order valence-corrected chi connectivity index (χ3v) is 3.93. The van der Waals surface area contributed by atoms with Crippen LogP contribution in [0.5, 0.6) is 5.75 Å². The van der Waals surface area contributed by atoms with Gasteiger partial charge in [0.25, 0.3) is 0 Å². The van der Waals surface area contributed by atoms with E-state index >= 15 is 0 Å². The number of hydrogen-bond donors (Lipinski definition) is 1. The molecule has 0 aliphatic carbocycles. The van der Waals surface area contributed by atoms with Crippen molar-refractivity contribution < 1.29 is 4.74 Å².